The van der Waals surface area contributed by atoms with E-state index in [0.717, 1.165) is 12.8 Å². The number of pyridine rings is 1. The van der Waals surface area contributed by atoms with Gasteiger partial charge in [0.05, 0.1) is 0 Å². The maximum absolute atomic E-state index is 5.56. The van der Waals surface area contributed by atoms with E-state index in [0.29, 0.717) is 6.04 Å². The Labute approximate surface area is 98.4 Å². The van der Waals surface area contributed by atoms with Crippen LogP contribution in [0.4, 0.5) is 0 Å². The third kappa shape index (κ3) is 5.24. The van der Waals surface area contributed by atoms with E-state index in [1.807, 2.05) is 12.4 Å². The molecular weight excluding hydrogens is 198 g/mol. The van der Waals surface area contributed by atoms with Crippen molar-refractivity contribution < 1.29 is 0 Å². The van der Waals surface area contributed by atoms with Gasteiger partial charge in [-0.15, -0.1) is 0 Å². The number of aromatic nitrogens is 1. The van der Waals surface area contributed by atoms with Crippen molar-refractivity contribution >= 4 is 0 Å². The van der Waals surface area contributed by atoms with Crippen LogP contribution < -0.4 is 11.3 Å². The van der Waals surface area contributed by atoms with Crippen LogP contribution >= 0.6 is 0 Å². The van der Waals surface area contributed by atoms with Crippen LogP contribution in [0.25, 0.3) is 0 Å². The number of rotatable bonds is 8. The monoisotopic (exact) mass is 221 g/mol. The summed E-state index contributed by atoms with van der Waals surface area (Å²) in [6.07, 6.45) is 10.9. The van der Waals surface area contributed by atoms with Crippen LogP contribution in [0.1, 0.15) is 44.6 Å². The molecule has 0 amide bonds. The molecule has 1 aromatic rings. The van der Waals surface area contributed by atoms with Crippen LogP contribution in [0.15, 0.2) is 24.5 Å². The molecule has 90 valence electrons. The SMILES string of the molecule is CCCCCC(CCc1ccncc1)NN. The lowest BCUT2D eigenvalue weighted by atomic mass is 10.0. The van der Waals surface area contributed by atoms with E-state index >= 15 is 0 Å². The molecule has 1 atom stereocenters. The standard InChI is InChI=1S/C13H23N3/c1-2-3-4-5-13(16-14)7-6-12-8-10-15-11-9-12/h8-11,13,16H,2-7,14H2,1H3. The van der Waals surface area contributed by atoms with Gasteiger partial charge in [-0.25, -0.2) is 0 Å². The molecule has 1 rings (SSSR count). The second-order valence-corrected chi connectivity index (χ2v) is 4.25. The lowest BCUT2D eigenvalue weighted by Gasteiger charge is -2.15. The molecular formula is C13H23N3. The number of nitrogens with one attached hydrogen (secondary N) is 1. The summed E-state index contributed by atoms with van der Waals surface area (Å²) in [5.74, 6) is 5.56. The molecule has 3 heteroatoms. The van der Waals surface area contributed by atoms with Crippen molar-refractivity contribution in [3.8, 4) is 0 Å². The summed E-state index contributed by atoms with van der Waals surface area (Å²) in [5, 5.41) is 0. The first-order valence-electron chi connectivity index (χ1n) is 6.21. The Kier molecular flexibility index (Phi) is 6.77. The lowest BCUT2D eigenvalue weighted by Crippen LogP contribution is -2.35. The van der Waals surface area contributed by atoms with Gasteiger partial charge in [0.1, 0.15) is 0 Å². The summed E-state index contributed by atoms with van der Waals surface area (Å²) in [5.41, 5.74) is 4.25. The van der Waals surface area contributed by atoms with E-state index in [4.69, 9.17) is 5.84 Å². The highest BCUT2D eigenvalue weighted by molar-refractivity contribution is 5.09. The average Bonchev–Trinajstić information content (AvgIpc) is 2.35. The first-order chi connectivity index (χ1) is 7.86. The number of hydrogen-bond donors (Lipinski definition) is 2. The molecule has 1 unspecified atom stereocenters. The molecule has 3 nitrogen and oxygen atoms in total. The molecule has 1 heterocycles. The topological polar surface area (TPSA) is 50.9 Å². The molecule has 0 saturated heterocycles. The Hall–Kier alpha value is -0.930. The van der Waals surface area contributed by atoms with Crippen molar-refractivity contribution in [2.24, 2.45) is 5.84 Å². The van der Waals surface area contributed by atoms with Crippen molar-refractivity contribution in [1.29, 1.82) is 0 Å². The molecule has 0 spiro atoms. The molecule has 0 aromatic carbocycles. The minimum Gasteiger partial charge on any atom is -0.271 e. The fourth-order valence-electron chi connectivity index (χ4n) is 1.84. The third-order valence-electron chi connectivity index (χ3n) is 2.92. The Bertz CT molecular complexity index is 261. The van der Waals surface area contributed by atoms with Gasteiger partial charge in [0.25, 0.3) is 0 Å². The van der Waals surface area contributed by atoms with Gasteiger partial charge in [-0.3, -0.25) is 16.3 Å². The normalized spacial score (nSPS) is 12.6. The summed E-state index contributed by atoms with van der Waals surface area (Å²) in [7, 11) is 0. The molecule has 1 aromatic heterocycles. The van der Waals surface area contributed by atoms with Gasteiger partial charge >= 0.3 is 0 Å². The Morgan fingerprint density at radius 3 is 2.62 bits per heavy atom. The van der Waals surface area contributed by atoms with Crippen molar-refractivity contribution in [2.45, 2.75) is 51.5 Å². The van der Waals surface area contributed by atoms with Crippen molar-refractivity contribution in [3.63, 3.8) is 0 Å². The number of nitrogens with zero attached hydrogens (tertiary/aromatic N) is 1. The van der Waals surface area contributed by atoms with Crippen molar-refractivity contribution in [3.05, 3.63) is 30.1 Å². The summed E-state index contributed by atoms with van der Waals surface area (Å²) in [6, 6.07) is 4.58. The predicted octanol–water partition coefficient (Wildman–Crippen LogP) is 2.43. The van der Waals surface area contributed by atoms with Gasteiger partial charge in [-0.2, -0.15) is 0 Å². The van der Waals surface area contributed by atoms with E-state index in [1.54, 1.807) is 0 Å². The van der Waals surface area contributed by atoms with Gasteiger partial charge < -0.3 is 0 Å². The summed E-state index contributed by atoms with van der Waals surface area (Å²) < 4.78 is 0. The zero-order valence-electron chi connectivity index (χ0n) is 10.2. The molecule has 0 radical (unpaired) electrons. The molecule has 0 aliphatic rings. The number of nitrogens with two attached hydrogens (primary N) is 1. The summed E-state index contributed by atoms with van der Waals surface area (Å²) >= 11 is 0. The largest absolute Gasteiger partial charge is 0.271 e. The second-order valence-electron chi connectivity index (χ2n) is 4.25. The highest BCUT2D eigenvalue weighted by Gasteiger charge is 2.05. The quantitative estimate of drug-likeness (QED) is 0.403. The highest BCUT2D eigenvalue weighted by Crippen LogP contribution is 2.09. The number of hydrogen-bond acceptors (Lipinski definition) is 3. The van der Waals surface area contributed by atoms with Crippen molar-refractivity contribution in [1.82, 2.24) is 10.4 Å². The van der Waals surface area contributed by atoms with E-state index < -0.39 is 0 Å². The van der Waals surface area contributed by atoms with Crippen LogP contribution in [0.5, 0.6) is 0 Å². The summed E-state index contributed by atoms with van der Waals surface area (Å²) in [6.45, 7) is 2.22. The van der Waals surface area contributed by atoms with Crippen LogP contribution in [0, 0.1) is 0 Å². The number of unbranched alkanes of at least 4 members (excludes halogenated alkanes) is 2. The molecule has 0 fully saturated rings. The molecule has 0 aliphatic carbocycles. The third-order valence-corrected chi connectivity index (χ3v) is 2.92. The molecule has 0 saturated carbocycles. The van der Waals surface area contributed by atoms with E-state index in [-0.39, 0.29) is 0 Å². The van der Waals surface area contributed by atoms with Crippen molar-refractivity contribution in [2.75, 3.05) is 0 Å². The predicted molar refractivity (Wildman–Crippen MR) is 67.8 cm³/mol. The zero-order valence-corrected chi connectivity index (χ0v) is 10.2. The van der Waals surface area contributed by atoms with Gasteiger partial charge in [0.15, 0.2) is 0 Å². The van der Waals surface area contributed by atoms with Gasteiger partial charge in [-0.05, 0) is 37.0 Å². The Morgan fingerprint density at radius 2 is 2.00 bits per heavy atom. The first-order valence-corrected chi connectivity index (χ1v) is 6.21. The van der Waals surface area contributed by atoms with Crippen LogP contribution in [-0.4, -0.2) is 11.0 Å². The number of hydrazine groups is 1. The Balaban J connectivity index is 2.23. The minimum atomic E-state index is 0.444. The summed E-state index contributed by atoms with van der Waals surface area (Å²) in [4.78, 5) is 4.01. The van der Waals surface area contributed by atoms with E-state index in [1.165, 1.54) is 31.2 Å². The first kappa shape index (κ1) is 13.1. The molecule has 0 bridgehead atoms. The number of aryl methyl sites for hydroxylation is 1. The molecule has 16 heavy (non-hydrogen) atoms. The van der Waals surface area contributed by atoms with E-state index in [9.17, 15) is 0 Å². The van der Waals surface area contributed by atoms with E-state index in [2.05, 4.69) is 29.5 Å². The maximum atomic E-state index is 5.56. The zero-order chi connectivity index (χ0) is 11.6. The fourth-order valence-corrected chi connectivity index (χ4v) is 1.84. The molecule has 3 N–H and O–H groups in total. The average molecular weight is 221 g/mol. The Morgan fingerprint density at radius 1 is 1.25 bits per heavy atom. The van der Waals surface area contributed by atoms with Gasteiger partial charge in [0, 0.05) is 18.4 Å². The van der Waals surface area contributed by atoms with Crippen LogP contribution in [-0.2, 0) is 6.42 Å². The smallest absolute Gasteiger partial charge is 0.0270 e. The highest BCUT2D eigenvalue weighted by atomic mass is 15.2. The van der Waals surface area contributed by atoms with Gasteiger partial charge in [-0.1, -0.05) is 26.2 Å². The van der Waals surface area contributed by atoms with Crippen LogP contribution in [0.2, 0.25) is 0 Å². The fraction of sp³-hybridized carbons (Fsp3) is 0.615. The van der Waals surface area contributed by atoms with Crippen LogP contribution in [0.3, 0.4) is 0 Å². The molecule has 0 aliphatic heterocycles. The maximum Gasteiger partial charge on any atom is 0.0270 e. The second kappa shape index (κ2) is 8.25. The lowest BCUT2D eigenvalue weighted by molar-refractivity contribution is 0.444. The van der Waals surface area contributed by atoms with Gasteiger partial charge in [0.2, 0.25) is 0 Å². The minimum absolute atomic E-state index is 0.444.